The molecule has 0 fully saturated rings. The summed E-state index contributed by atoms with van der Waals surface area (Å²) in [6.07, 6.45) is 5.82. The fourth-order valence-corrected chi connectivity index (χ4v) is 3.09. The summed E-state index contributed by atoms with van der Waals surface area (Å²) in [4.78, 5) is 3.72. The Kier molecular flexibility index (Phi) is 3.65. The van der Waals surface area contributed by atoms with Gasteiger partial charge in [-0.15, -0.1) is 0 Å². The van der Waals surface area contributed by atoms with Crippen LogP contribution in [0.3, 0.4) is 0 Å². The van der Waals surface area contributed by atoms with E-state index in [1.54, 1.807) is 19.3 Å². The molecule has 96 valence electrons. The van der Waals surface area contributed by atoms with E-state index in [0.29, 0.717) is 0 Å². The molecule has 18 heavy (non-hydrogen) atoms. The second-order valence-electron chi connectivity index (χ2n) is 3.68. The minimum Gasteiger partial charge on any atom is -0.285 e. The molecule has 0 amide bonds. The maximum atomic E-state index is 12.1. The van der Waals surface area contributed by atoms with E-state index in [4.69, 9.17) is 11.6 Å². The van der Waals surface area contributed by atoms with Crippen LogP contribution in [0, 0.1) is 0 Å². The highest BCUT2D eigenvalue weighted by molar-refractivity contribution is 7.89. The third-order valence-electron chi connectivity index (χ3n) is 2.37. The zero-order valence-corrected chi connectivity index (χ0v) is 11.0. The van der Waals surface area contributed by atoms with Crippen LogP contribution in [0.4, 0.5) is 0 Å². The fourth-order valence-electron chi connectivity index (χ4n) is 1.42. The van der Waals surface area contributed by atoms with Crippen LogP contribution in [-0.4, -0.2) is 23.6 Å². The Morgan fingerprint density at radius 3 is 2.83 bits per heavy atom. The summed E-state index contributed by atoms with van der Waals surface area (Å²) in [7, 11) is -3.70. The predicted molar refractivity (Wildman–Crippen MR) is 66.6 cm³/mol. The van der Waals surface area contributed by atoms with Gasteiger partial charge in [-0.2, -0.15) is 5.10 Å². The van der Waals surface area contributed by atoms with Gasteiger partial charge in [0.2, 0.25) is 10.0 Å². The Morgan fingerprint density at radius 2 is 2.22 bits per heavy atom. The molecule has 0 aliphatic carbocycles. The average molecular weight is 287 g/mol. The number of nitrogens with one attached hydrogen (secondary N) is 2. The summed E-state index contributed by atoms with van der Waals surface area (Å²) in [5, 5.41) is 6.53. The second kappa shape index (κ2) is 5.05. The molecule has 0 aromatic carbocycles. The van der Waals surface area contributed by atoms with Crippen molar-refractivity contribution in [3.63, 3.8) is 0 Å². The van der Waals surface area contributed by atoms with Gasteiger partial charge in [-0.05, 0) is 13.0 Å². The summed E-state index contributed by atoms with van der Waals surface area (Å²) in [6.45, 7) is 1.71. The van der Waals surface area contributed by atoms with E-state index in [1.807, 2.05) is 0 Å². The third-order valence-corrected chi connectivity index (χ3v) is 4.38. The van der Waals surface area contributed by atoms with E-state index in [9.17, 15) is 8.42 Å². The highest BCUT2D eigenvalue weighted by Gasteiger charge is 2.21. The van der Waals surface area contributed by atoms with Gasteiger partial charge in [-0.1, -0.05) is 11.6 Å². The smallest absolute Gasteiger partial charge is 0.244 e. The number of aromatic amines is 1. The quantitative estimate of drug-likeness (QED) is 0.891. The van der Waals surface area contributed by atoms with E-state index >= 15 is 0 Å². The molecule has 1 atom stereocenters. The molecule has 0 bridgehead atoms. The minimum absolute atomic E-state index is 0.0398. The molecule has 0 saturated heterocycles. The highest BCUT2D eigenvalue weighted by Crippen LogP contribution is 2.21. The predicted octanol–water partition coefficient (Wildman–Crippen LogP) is 1.50. The Balaban J connectivity index is 2.26. The molecule has 0 radical (unpaired) electrons. The van der Waals surface area contributed by atoms with Crippen molar-refractivity contribution < 1.29 is 8.42 Å². The maximum absolute atomic E-state index is 12.1. The van der Waals surface area contributed by atoms with E-state index in [2.05, 4.69) is 19.9 Å². The van der Waals surface area contributed by atoms with Crippen LogP contribution < -0.4 is 4.72 Å². The number of hydrogen-bond acceptors (Lipinski definition) is 4. The van der Waals surface area contributed by atoms with Gasteiger partial charge < -0.3 is 0 Å². The number of nitrogens with zero attached hydrogens (tertiary/aromatic N) is 2. The maximum Gasteiger partial charge on any atom is 0.244 e. The highest BCUT2D eigenvalue weighted by atomic mass is 35.5. The molecule has 2 rings (SSSR count). The first kappa shape index (κ1) is 13.0. The zero-order chi connectivity index (χ0) is 13.2. The first-order valence-corrected chi connectivity index (χ1v) is 6.97. The van der Waals surface area contributed by atoms with Crippen LogP contribution in [0.15, 0.2) is 35.7 Å². The number of rotatable bonds is 4. The Hall–Kier alpha value is -1.44. The molecule has 2 aromatic rings. The van der Waals surface area contributed by atoms with Crippen molar-refractivity contribution in [2.45, 2.75) is 17.9 Å². The second-order valence-corrected chi connectivity index (χ2v) is 5.77. The summed E-state index contributed by atoms with van der Waals surface area (Å²) in [5.41, 5.74) is 0.735. The molecular formula is C10H11ClN4O2S. The van der Waals surface area contributed by atoms with Crippen LogP contribution in [0.1, 0.15) is 18.5 Å². The Labute approximate surface area is 109 Å². The van der Waals surface area contributed by atoms with Gasteiger partial charge >= 0.3 is 0 Å². The zero-order valence-electron chi connectivity index (χ0n) is 9.46. The van der Waals surface area contributed by atoms with E-state index in [1.165, 1.54) is 18.5 Å². The number of aromatic nitrogens is 3. The molecule has 0 spiro atoms. The third kappa shape index (κ3) is 2.69. The van der Waals surface area contributed by atoms with Gasteiger partial charge in [0.15, 0.2) is 0 Å². The number of hydrogen-bond donors (Lipinski definition) is 2. The lowest BCUT2D eigenvalue weighted by atomic mass is 10.2. The summed E-state index contributed by atoms with van der Waals surface area (Å²) >= 11 is 5.84. The molecule has 0 aliphatic heterocycles. The number of pyridine rings is 1. The SMILES string of the molecule is CC(NS(=O)(=O)c1cnccc1Cl)c1cn[nH]c1. The van der Waals surface area contributed by atoms with Gasteiger partial charge in [0.25, 0.3) is 0 Å². The molecule has 0 saturated carbocycles. The largest absolute Gasteiger partial charge is 0.285 e. The molecule has 0 aliphatic rings. The van der Waals surface area contributed by atoms with Gasteiger partial charge in [0.05, 0.1) is 11.2 Å². The summed E-state index contributed by atoms with van der Waals surface area (Å²) < 4.78 is 26.7. The summed E-state index contributed by atoms with van der Waals surface area (Å²) in [6, 6.07) is 1.02. The standard InChI is InChI=1S/C10H11ClN4O2S/c1-7(8-4-13-14-5-8)15-18(16,17)10-6-12-3-2-9(10)11/h2-7,15H,1H3,(H,13,14). The molecule has 1 unspecified atom stereocenters. The van der Waals surface area contributed by atoms with Crippen molar-refractivity contribution in [1.82, 2.24) is 19.9 Å². The van der Waals surface area contributed by atoms with Crippen LogP contribution in [0.2, 0.25) is 5.02 Å². The molecule has 2 heterocycles. The molecule has 2 N–H and O–H groups in total. The van der Waals surface area contributed by atoms with Crippen LogP contribution in [0.25, 0.3) is 0 Å². The lowest BCUT2D eigenvalue weighted by Gasteiger charge is -2.13. The van der Waals surface area contributed by atoms with Crippen LogP contribution >= 0.6 is 11.6 Å². The van der Waals surface area contributed by atoms with Crippen molar-refractivity contribution in [2.24, 2.45) is 0 Å². The van der Waals surface area contributed by atoms with Crippen molar-refractivity contribution in [3.05, 3.63) is 41.4 Å². The van der Waals surface area contributed by atoms with Crippen molar-refractivity contribution in [2.75, 3.05) is 0 Å². The number of halogens is 1. The van der Waals surface area contributed by atoms with Crippen molar-refractivity contribution in [1.29, 1.82) is 0 Å². The molecule has 2 aromatic heterocycles. The minimum atomic E-state index is -3.70. The van der Waals surface area contributed by atoms with E-state index < -0.39 is 16.1 Å². The lowest BCUT2D eigenvalue weighted by Crippen LogP contribution is -2.27. The molecule has 6 nitrogen and oxygen atoms in total. The van der Waals surface area contributed by atoms with E-state index in [-0.39, 0.29) is 9.92 Å². The van der Waals surface area contributed by atoms with Gasteiger partial charge in [0.1, 0.15) is 4.90 Å². The Bertz CT molecular complexity index is 627. The monoisotopic (exact) mass is 286 g/mol. The fraction of sp³-hybridized carbons (Fsp3) is 0.200. The number of sulfonamides is 1. The molecular weight excluding hydrogens is 276 g/mol. The Morgan fingerprint density at radius 1 is 1.44 bits per heavy atom. The summed E-state index contributed by atoms with van der Waals surface area (Å²) in [5.74, 6) is 0. The van der Waals surface area contributed by atoms with Gasteiger partial charge in [-0.3, -0.25) is 10.1 Å². The van der Waals surface area contributed by atoms with Crippen LogP contribution in [-0.2, 0) is 10.0 Å². The first-order valence-electron chi connectivity index (χ1n) is 5.11. The van der Waals surface area contributed by atoms with Gasteiger partial charge in [-0.25, -0.2) is 13.1 Å². The average Bonchev–Trinajstić information content (AvgIpc) is 2.82. The van der Waals surface area contributed by atoms with Crippen molar-refractivity contribution >= 4 is 21.6 Å². The molecule has 8 heteroatoms. The van der Waals surface area contributed by atoms with E-state index in [0.717, 1.165) is 5.56 Å². The first-order chi connectivity index (χ1) is 8.50. The normalized spacial score (nSPS) is 13.4. The number of H-pyrrole nitrogens is 1. The van der Waals surface area contributed by atoms with Crippen LogP contribution in [0.5, 0.6) is 0 Å². The van der Waals surface area contributed by atoms with Gasteiger partial charge in [0, 0.05) is 30.2 Å². The topological polar surface area (TPSA) is 87.7 Å². The lowest BCUT2D eigenvalue weighted by molar-refractivity contribution is 0.566. The van der Waals surface area contributed by atoms with Crippen molar-refractivity contribution in [3.8, 4) is 0 Å².